The Morgan fingerprint density at radius 3 is 2.70 bits per heavy atom. The zero-order chi connectivity index (χ0) is 21.8. The van der Waals surface area contributed by atoms with Crippen molar-refractivity contribution < 1.29 is 22.7 Å². The first-order valence-electron chi connectivity index (χ1n) is 9.38. The fraction of sp³-hybridized carbons (Fsp3) is 0.350. The number of amides is 2. The normalized spacial score (nSPS) is 20.7. The third kappa shape index (κ3) is 4.66. The summed E-state index contributed by atoms with van der Waals surface area (Å²) in [5, 5.41) is 2.84. The molecule has 0 aliphatic carbocycles. The molecule has 0 aromatic heterocycles. The van der Waals surface area contributed by atoms with E-state index >= 15 is 0 Å². The molecule has 3 rings (SSSR count). The van der Waals surface area contributed by atoms with Gasteiger partial charge < -0.3 is 15.0 Å². The van der Waals surface area contributed by atoms with Crippen molar-refractivity contribution in [2.75, 3.05) is 20.3 Å². The summed E-state index contributed by atoms with van der Waals surface area (Å²) in [7, 11) is -2.12. The van der Waals surface area contributed by atoms with Gasteiger partial charge in [0, 0.05) is 26.4 Å². The molecule has 1 aromatic carbocycles. The maximum atomic E-state index is 12.9. The van der Waals surface area contributed by atoms with Crippen LogP contribution in [0.15, 0.2) is 58.6 Å². The van der Waals surface area contributed by atoms with Gasteiger partial charge in [0.2, 0.25) is 15.9 Å². The molecule has 0 bridgehead atoms. The molecule has 0 fully saturated rings. The Labute approximate surface area is 175 Å². The van der Waals surface area contributed by atoms with E-state index in [2.05, 4.69) is 15.0 Å². The van der Waals surface area contributed by atoms with Crippen LogP contribution in [0.2, 0.25) is 0 Å². The molecule has 0 saturated carbocycles. The summed E-state index contributed by atoms with van der Waals surface area (Å²) >= 11 is 0. The third-order valence-corrected chi connectivity index (χ3v) is 6.36. The number of fused-ring (bicyclic) bond motifs is 1. The summed E-state index contributed by atoms with van der Waals surface area (Å²) in [5.41, 5.74) is -0.364. The second-order valence-corrected chi connectivity index (χ2v) is 8.87. The maximum absolute atomic E-state index is 12.9. The number of carbonyl (C=O) groups excluding carboxylic acids is 2. The van der Waals surface area contributed by atoms with Crippen LogP contribution in [0.3, 0.4) is 0 Å². The van der Waals surface area contributed by atoms with Gasteiger partial charge in [-0.25, -0.2) is 13.1 Å². The number of sulfonamides is 1. The average Bonchev–Trinajstić information content (AvgIpc) is 2.72. The Kier molecular flexibility index (Phi) is 6.49. The number of methoxy groups -OCH3 is 1. The molecule has 2 aliphatic rings. The van der Waals surface area contributed by atoms with E-state index in [-0.39, 0.29) is 42.8 Å². The fourth-order valence-electron chi connectivity index (χ4n) is 3.20. The number of ether oxygens (including phenoxy) is 1. The van der Waals surface area contributed by atoms with E-state index in [1.54, 1.807) is 48.4 Å². The zero-order valence-corrected chi connectivity index (χ0v) is 17.6. The quantitative estimate of drug-likeness (QED) is 0.584. The van der Waals surface area contributed by atoms with Crippen LogP contribution in [0.5, 0.6) is 0 Å². The highest BCUT2D eigenvalue weighted by molar-refractivity contribution is 7.89. The Morgan fingerprint density at radius 1 is 1.27 bits per heavy atom. The fourth-order valence-corrected chi connectivity index (χ4v) is 4.21. The summed E-state index contributed by atoms with van der Waals surface area (Å²) in [4.78, 5) is 30.7. The molecule has 30 heavy (non-hydrogen) atoms. The van der Waals surface area contributed by atoms with Gasteiger partial charge >= 0.3 is 0 Å². The van der Waals surface area contributed by atoms with Crippen LogP contribution >= 0.6 is 0 Å². The lowest BCUT2D eigenvalue weighted by atomic mass is 9.91. The molecule has 2 amide bonds. The zero-order valence-electron chi connectivity index (χ0n) is 16.8. The number of allylic oxidation sites excluding steroid dienone is 2. The highest BCUT2D eigenvalue weighted by Crippen LogP contribution is 2.28. The average molecular weight is 433 g/mol. The van der Waals surface area contributed by atoms with Crippen LogP contribution in [0.1, 0.15) is 18.9 Å². The van der Waals surface area contributed by atoms with Gasteiger partial charge in [-0.3, -0.25) is 9.59 Å². The predicted octanol–water partition coefficient (Wildman–Crippen LogP) is 0.701. The number of hydrogen-bond donors (Lipinski definition) is 2. The minimum Gasteiger partial charge on any atom is -0.383 e. The van der Waals surface area contributed by atoms with Crippen LogP contribution in [-0.4, -0.2) is 56.8 Å². The van der Waals surface area contributed by atoms with Gasteiger partial charge in [-0.1, -0.05) is 18.2 Å². The molecule has 2 N–H and O–H groups in total. The smallest absolute Gasteiger partial charge is 0.250 e. The summed E-state index contributed by atoms with van der Waals surface area (Å²) < 4.78 is 31.7. The van der Waals surface area contributed by atoms with Crippen molar-refractivity contribution in [2.24, 2.45) is 4.99 Å². The van der Waals surface area contributed by atoms with Crippen LogP contribution in [0, 0.1) is 0 Å². The monoisotopic (exact) mass is 432 g/mol. The van der Waals surface area contributed by atoms with E-state index in [1.165, 1.54) is 19.2 Å². The number of hydrogen-bond acceptors (Lipinski definition) is 6. The van der Waals surface area contributed by atoms with E-state index in [9.17, 15) is 18.0 Å². The predicted molar refractivity (Wildman–Crippen MR) is 111 cm³/mol. The van der Waals surface area contributed by atoms with Gasteiger partial charge in [-0.2, -0.15) is 4.99 Å². The molecule has 2 heterocycles. The third-order valence-electron chi connectivity index (χ3n) is 4.88. The van der Waals surface area contributed by atoms with Crippen LogP contribution in [0.4, 0.5) is 0 Å². The molecule has 160 valence electrons. The molecule has 1 atom stereocenters. The number of amidine groups is 1. The van der Waals surface area contributed by atoms with Gasteiger partial charge in [-0.15, -0.1) is 0 Å². The number of carbonyl (C=O) groups is 2. The Bertz CT molecular complexity index is 1010. The molecule has 0 saturated heterocycles. The molecule has 1 aromatic rings. The van der Waals surface area contributed by atoms with E-state index in [1.807, 2.05) is 0 Å². The number of nitrogens with zero attached hydrogens (tertiary/aromatic N) is 2. The van der Waals surface area contributed by atoms with Crippen molar-refractivity contribution in [3.8, 4) is 0 Å². The van der Waals surface area contributed by atoms with Crippen LogP contribution in [0.25, 0.3) is 0 Å². The van der Waals surface area contributed by atoms with E-state index < -0.39 is 15.6 Å². The van der Waals surface area contributed by atoms with Gasteiger partial charge in [0.25, 0.3) is 5.91 Å². The van der Waals surface area contributed by atoms with Crippen molar-refractivity contribution in [3.63, 3.8) is 0 Å². The Balaban J connectivity index is 1.65. The molecule has 0 radical (unpaired) electrons. The van der Waals surface area contributed by atoms with Crippen molar-refractivity contribution in [3.05, 3.63) is 54.3 Å². The molecule has 1 unspecified atom stereocenters. The second kappa shape index (κ2) is 8.90. The summed E-state index contributed by atoms with van der Waals surface area (Å²) in [6, 6.07) is 6.22. The molecule has 2 aliphatic heterocycles. The Morgan fingerprint density at radius 2 is 2.00 bits per heavy atom. The minimum absolute atomic E-state index is 0.0369. The molecule has 0 spiro atoms. The first-order chi connectivity index (χ1) is 14.3. The molecular weight excluding hydrogens is 408 g/mol. The van der Waals surface area contributed by atoms with Crippen molar-refractivity contribution >= 4 is 27.7 Å². The molecule has 9 nitrogen and oxygen atoms in total. The number of nitrogens with one attached hydrogen (secondary N) is 2. The van der Waals surface area contributed by atoms with Gasteiger partial charge in [-0.05, 0) is 36.8 Å². The first-order valence-corrected chi connectivity index (χ1v) is 10.9. The Hall–Kier alpha value is -2.82. The lowest BCUT2D eigenvalue weighted by Crippen LogP contribution is -2.59. The van der Waals surface area contributed by atoms with E-state index in [0.717, 1.165) is 5.56 Å². The van der Waals surface area contributed by atoms with Crippen LogP contribution < -0.4 is 10.0 Å². The number of aliphatic imine (C=N–C) groups is 1. The molecule has 10 heteroatoms. The van der Waals surface area contributed by atoms with E-state index in [4.69, 9.17) is 4.74 Å². The second-order valence-electron chi connectivity index (χ2n) is 7.10. The highest BCUT2D eigenvalue weighted by Gasteiger charge is 2.44. The summed E-state index contributed by atoms with van der Waals surface area (Å²) in [5.74, 6) is -0.238. The SMILES string of the molecule is COCCNS(=O)(=O)c1ccc(CNC(=O)C2(C)CC(=O)N=C3C=CC=CN32)cc1. The summed E-state index contributed by atoms with van der Waals surface area (Å²) in [6.45, 7) is 2.35. The largest absolute Gasteiger partial charge is 0.383 e. The van der Waals surface area contributed by atoms with Gasteiger partial charge in [0.05, 0.1) is 17.9 Å². The molecular formula is C20H24N4O5S. The topological polar surface area (TPSA) is 117 Å². The number of rotatable bonds is 8. The van der Waals surface area contributed by atoms with Gasteiger partial charge in [0.15, 0.2) is 0 Å². The minimum atomic E-state index is -3.62. The standard InChI is InChI=1S/C20H24N4O5S/c1-20(13-18(25)23-17-5-3-4-11-24(17)20)19(26)21-14-15-6-8-16(9-7-15)30(27,28)22-10-12-29-2/h3-9,11,22H,10,12-14H2,1-2H3,(H,21,26). The van der Waals surface area contributed by atoms with E-state index in [0.29, 0.717) is 5.84 Å². The van der Waals surface area contributed by atoms with Crippen molar-refractivity contribution in [2.45, 2.75) is 30.3 Å². The maximum Gasteiger partial charge on any atom is 0.250 e. The lowest BCUT2D eigenvalue weighted by Gasteiger charge is -2.41. The van der Waals surface area contributed by atoms with Crippen molar-refractivity contribution in [1.82, 2.24) is 14.9 Å². The first kappa shape index (κ1) is 21.9. The van der Waals surface area contributed by atoms with Gasteiger partial charge in [0.1, 0.15) is 11.4 Å². The number of benzene rings is 1. The highest BCUT2D eigenvalue weighted by atomic mass is 32.2. The van der Waals surface area contributed by atoms with Crippen molar-refractivity contribution in [1.29, 1.82) is 0 Å². The lowest BCUT2D eigenvalue weighted by molar-refractivity contribution is -0.134. The van der Waals surface area contributed by atoms with Crippen LogP contribution in [-0.2, 0) is 30.9 Å². The summed E-state index contributed by atoms with van der Waals surface area (Å²) in [6.07, 6.45) is 6.90.